The maximum absolute atomic E-state index is 10.7. The van der Waals surface area contributed by atoms with E-state index in [1.165, 1.54) is 11.1 Å². The minimum absolute atomic E-state index is 0.150. The first-order valence-electron chi connectivity index (χ1n) is 8.42. The van der Waals surface area contributed by atoms with Gasteiger partial charge in [0, 0.05) is 19.2 Å². The second-order valence-electron chi connectivity index (χ2n) is 6.68. The van der Waals surface area contributed by atoms with Gasteiger partial charge < -0.3 is 9.52 Å². The van der Waals surface area contributed by atoms with Gasteiger partial charge in [-0.2, -0.15) is 0 Å². The fraction of sp³-hybridized carbons (Fsp3) is 0.588. The van der Waals surface area contributed by atoms with Gasteiger partial charge in [-0.3, -0.25) is 9.69 Å². The summed E-state index contributed by atoms with van der Waals surface area (Å²) in [5.74, 6) is 1.76. The van der Waals surface area contributed by atoms with Crippen LogP contribution in [-0.2, 0) is 17.8 Å². The lowest BCUT2D eigenvalue weighted by Crippen LogP contribution is -2.37. The molecule has 2 unspecified atom stereocenters. The van der Waals surface area contributed by atoms with E-state index < -0.39 is 5.97 Å². The van der Waals surface area contributed by atoms with Crippen LogP contribution < -0.4 is 0 Å². The molecule has 0 aliphatic carbocycles. The minimum atomic E-state index is -0.912. The lowest BCUT2D eigenvalue weighted by molar-refractivity contribution is -0.137. The maximum atomic E-state index is 10.7. The normalized spacial score (nSPS) is 21.9. The van der Waals surface area contributed by atoms with E-state index in [0.717, 1.165) is 43.1 Å². The largest absolute Gasteiger partial charge is 0.480 e. The third-order valence-corrected chi connectivity index (χ3v) is 4.60. The fourth-order valence-corrected chi connectivity index (χ4v) is 3.31. The second kappa shape index (κ2) is 7.17. The lowest BCUT2D eigenvalue weighted by atomic mass is 9.91. The van der Waals surface area contributed by atoms with Crippen molar-refractivity contribution in [2.75, 3.05) is 13.1 Å². The molecule has 0 spiro atoms. The SMILES string of the molecule is Cc1ccc(C2CC(C)CCN2CCc2cn(CC(=O)O)nn2)o1. The summed E-state index contributed by atoms with van der Waals surface area (Å²) in [6, 6.07) is 4.40. The highest BCUT2D eigenvalue weighted by atomic mass is 16.4. The van der Waals surface area contributed by atoms with Crippen LogP contribution in [0.1, 0.15) is 43.0 Å². The van der Waals surface area contributed by atoms with Gasteiger partial charge in [-0.1, -0.05) is 12.1 Å². The fourth-order valence-electron chi connectivity index (χ4n) is 3.31. The second-order valence-corrected chi connectivity index (χ2v) is 6.68. The Morgan fingerprint density at radius 2 is 2.29 bits per heavy atom. The summed E-state index contributed by atoms with van der Waals surface area (Å²) in [5.41, 5.74) is 0.823. The average Bonchev–Trinajstić information content (AvgIpc) is 3.14. The van der Waals surface area contributed by atoms with Gasteiger partial charge in [0.15, 0.2) is 0 Å². The third kappa shape index (κ3) is 4.03. The molecule has 0 aromatic carbocycles. The summed E-state index contributed by atoms with van der Waals surface area (Å²) < 4.78 is 7.23. The Hall–Kier alpha value is -2.15. The first kappa shape index (κ1) is 16.7. The Balaban J connectivity index is 1.63. The zero-order valence-electron chi connectivity index (χ0n) is 14.2. The first-order chi connectivity index (χ1) is 11.5. The number of furan rings is 1. The van der Waals surface area contributed by atoms with Gasteiger partial charge in [-0.25, -0.2) is 4.68 Å². The van der Waals surface area contributed by atoms with Crippen LogP contribution >= 0.6 is 0 Å². The van der Waals surface area contributed by atoms with Crippen molar-refractivity contribution in [1.29, 1.82) is 0 Å². The minimum Gasteiger partial charge on any atom is -0.480 e. The monoisotopic (exact) mass is 332 g/mol. The average molecular weight is 332 g/mol. The highest BCUT2D eigenvalue weighted by molar-refractivity contribution is 5.66. The van der Waals surface area contributed by atoms with E-state index in [0.29, 0.717) is 12.0 Å². The number of carbonyl (C=O) groups is 1. The van der Waals surface area contributed by atoms with Gasteiger partial charge in [0.2, 0.25) is 0 Å². The van der Waals surface area contributed by atoms with Crippen LogP contribution in [0.25, 0.3) is 0 Å². The number of nitrogens with zero attached hydrogens (tertiary/aromatic N) is 4. The van der Waals surface area contributed by atoms with Gasteiger partial charge in [0.25, 0.3) is 0 Å². The predicted octanol–water partition coefficient (Wildman–Crippen LogP) is 2.28. The molecule has 3 heterocycles. The molecule has 1 fully saturated rings. The highest BCUT2D eigenvalue weighted by Gasteiger charge is 2.29. The maximum Gasteiger partial charge on any atom is 0.325 e. The summed E-state index contributed by atoms with van der Waals surface area (Å²) in [7, 11) is 0. The van der Waals surface area contributed by atoms with Gasteiger partial charge in [0.05, 0.1) is 11.7 Å². The van der Waals surface area contributed by atoms with Crippen molar-refractivity contribution in [2.45, 2.75) is 45.7 Å². The number of aryl methyl sites for hydroxylation is 1. The van der Waals surface area contributed by atoms with Crippen molar-refractivity contribution in [3.63, 3.8) is 0 Å². The highest BCUT2D eigenvalue weighted by Crippen LogP contribution is 2.34. The van der Waals surface area contributed by atoms with Crippen LogP contribution in [-0.4, -0.2) is 44.1 Å². The predicted molar refractivity (Wildman–Crippen MR) is 87.5 cm³/mol. The molecular weight excluding hydrogens is 308 g/mol. The van der Waals surface area contributed by atoms with Crippen molar-refractivity contribution >= 4 is 5.97 Å². The molecule has 2 aromatic rings. The molecule has 2 aromatic heterocycles. The standard InChI is InChI=1S/C17H24N4O3/c1-12-5-7-20(15(9-12)16-4-3-13(2)24-16)8-6-14-10-21(19-18-14)11-17(22)23/h3-4,10,12,15H,5-9,11H2,1-2H3,(H,22,23). The van der Waals surface area contributed by atoms with Gasteiger partial charge >= 0.3 is 5.97 Å². The molecule has 1 N–H and O–H groups in total. The molecule has 0 amide bonds. The van der Waals surface area contributed by atoms with E-state index in [9.17, 15) is 4.79 Å². The molecule has 3 rings (SSSR count). The summed E-state index contributed by atoms with van der Waals surface area (Å²) in [5, 5.41) is 16.7. The molecule has 1 aliphatic heterocycles. The smallest absolute Gasteiger partial charge is 0.325 e. The molecule has 0 radical (unpaired) electrons. The number of likely N-dealkylation sites (tertiary alicyclic amines) is 1. The number of hydrogen-bond donors (Lipinski definition) is 1. The quantitative estimate of drug-likeness (QED) is 0.873. The van der Waals surface area contributed by atoms with E-state index in [1.54, 1.807) is 6.20 Å². The molecule has 7 heteroatoms. The Kier molecular flexibility index (Phi) is 4.99. The Morgan fingerprint density at radius 1 is 1.46 bits per heavy atom. The van der Waals surface area contributed by atoms with Crippen LogP contribution in [0.15, 0.2) is 22.7 Å². The molecule has 1 saturated heterocycles. The van der Waals surface area contributed by atoms with E-state index in [4.69, 9.17) is 9.52 Å². The number of aliphatic carboxylic acids is 1. The van der Waals surface area contributed by atoms with Crippen molar-refractivity contribution in [3.05, 3.63) is 35.5 Å². The van der Waals surface area contributed by atoms with E-state index in [2.05, 4.69) is 28.2 Å². The molecule has 24 heavy (non-hydrogen) atoms. The van der Waals surface area contributed by atoms with Crippen LogP contribution in [0.4, 0.5) is 0 Å². The summed E-state index contributed by atoms with van der Waals surface area (Å²) in [4.78, 5) is 13.1. The van der Waals surface area contributed by atoms with Crippen LogP contribution in [0.5, 0.6) is 0 Å². The molecule has 2 atom stereocenters. The zero-order valence-corrected chi connectivity index (χ0v) is 14.2. The van der Waals surface area contributed by atoms with Crippen molar-refractivity contribution < 1.29 is 14.3 Å². The zero-order chi connectivity index (χ0) is 17.1. The Bertz CT molecular complexity index is 694. The van der Waals surface area contributed by atoms with E-state index in [-0.39, 0.29) is 6.54 Å². The van der Waals surface area contributed by atoms with Gasteiger partial charge in [0.1, 0.15) is 18.1 Å². The summed E-state index contributed by atoms with van der Waals surface area (Å²) in [6.07, 6.45) is 4.75. The lowest BCUT2D eigenvalue weighted by Gasteiger charge is -2.37. The van der Waals surface area contributed by atoms with Crippen LogP contribution in [0.2, 0.25) is 0 Å². The van der Waals surface area contributed by atoms with Crippen LogP contribution in [0.3, 0.4) is 0 Å². The number of carboxylic acids is 1. The Labute approximate surface area is 141 Å². The Morgan fingerprint density at radius 3 is 3.00 bits per heavy atom. The molecule has 0 saturated carbocycles. The molecule has 0 bridgehead atoms. The molecular formula is C17H24N4O3. The topological polar surface area (TPSA) is 84.4 Å². The summed E-state index contributed by atoms with van der Waals surface area (Å²) in [6.45, 7) is 6.01. The summed E-state index contributed by atoms with van der Waals surface area (Å²) >= 11 is 0. The third-order valence-electron chi connectivity index (χ3n) is 4.60. The number of piperidine rings is 1. The molecule has 130 valence electrons. The number of rotatable bonds is 6. The van der Waals surface area contributed by atoms with Gasteiger partial charge in [-0.05, 0) is 44.4 Å². The van der Waals surface area contributed by atoms with Crippen molar-refractivity contribution in [1.82, 2.24) is 19.9 Å². The van der Waals surface area contributed by atoms with Crippen LogP contribution in [0, 0.1) is 12.8 Å². The molecule has 7 nitrogen and oxygen atoms in total. The number of hydrogen-bond acceptors (Lipinski definition) is 5. The van der Waals surface area contributed by atoms with Crippen molar-refractivity contribution in [3.8, 4) is 0 Å². The number of aromatic nitrogens is 3. The molecule has 1 aliphatic rings. The first-order valence-corrected chi connectivity index (χ1v) is 8.42. The number of carboxylic acid groups (broad SMARTS) is 1. The van der Waals surface area contributed by atoms with E-state index in [1.807, 2.05) is 13.0 Å². The van der Waals surface area contributed by atoms with Crippen molar-refractivity contribution in [2.24, 2.45) is 5.92 Å². The van der Waals surface area contributed by atoms with Gasteiger partial charge in [-0.15, -0.1) is 5.10 Å². The van der Waals surface area contributed by atoms with E-state index >= 15 is 0 Å².